The van der Waals surface area contributed by atoms with Crippen LogP contribution in [0.15, 0.2) is 41.3 Å². The van der Waals surface area contributed by atoms with E-state index in [1.807, 2.05) is 6.92 Å². The Morgan fingerprint density at radius 3 is 2.45 bits per heavy atom. The minimum atomic E-state index is -4.14. The van der Waals surface area contributed by atoms with Gasteiger partial charge in [0.1, 0.15) is 10.6 Å². The highest BCUT2D eigenvalue weighted by Crippen LogP contribution is 2.59. The van der Waals surface area contributed by atoms with Gasteiger partial charge in [-0.1, -0.05) is 18.5 Å². The van der Waals surface area contributed by atoms with Gasteiger partial charge in [0, 0.05) is 17.5 Å². The quantitative estimate of drug-likeness (QED) is 0.761. The van der Waals surface area contributed by atoms with Gasteiger partial charge in [0.2, 0.25) is 0 Å². The van der Waals surface area contributed by atoms with Crippen LogP contribution in [0.5, 0.6) is 5.75 Å². The van der Waals surface area contributed by atoms with E-state index in [2.05, 4.69) is 0 Å². The average Bonchev–Trinajstić information content (AvgIpc) is 2.70. The summed E-state index contributed by atoms with van der Waals surface area (Å²) in [6.45, 7) is 1.66. The van der Waals surface area contributed by atoms with Crippen molar-refractivity contribution >= 4 is 21.4 Å². The van der Waals surface area contributed by atoms with Gasteiger partial charge in [0.15, 0.2) is 21.4 Å². The molecule has 29 heavy (non-hydrogen) atoms. The van der Waals surface area contributed by atoms with Crippen LogP contribution in [0.1, 0.15) is 31.7 Å². The van der Waals surface area contributed by atoms with Gasteiger partial charge in [-0.05, 0) is 61.1 Å². The van der Waals surface area contributed by atoms with Crippen LogP contribution in [0.2, 0.25) is 5.02 Å². The predicted molar refractivity (Wildman–Crippen MR) is 105 cm³/mol. The van der Waals surface area contributed by atoms with Crippen LogP contribution >= 0.6 is 11.6 Å². The molecule has 1 heterocycles. The molecule has 1 N–H and O–H groups in total. The van der Waals surface area contributed by atoms with Crippen molar-refractivity contribution in [3.05, 3.63) is 58.6 Å². The van der Waals surface area contributed by atoms with Gasteiger partial charge < -0.3 is 9.84 Å². The number of rotatable bonds is 3. The topological polar surface area (TPSA) is 63.6 Å². The molecule has 1 aliphatic heterocycles. The molecule has 4 rings (SSSR count). The number of hydrogen-bond acceptors (Lipinski definition) is 4. The molecule has 0 unspecified atom stereocenters. The van der Waals surface area contributed by atoms with E-state index in [4.69, 9.17) is 16.3 Å². The Hall–Kier alpha value is -1.70. The lowest BCUT2D eigenvalue weighted by Gasteiger charge is -2.51. The van der Waals surface area contributed by atoms with E-state index in [0.717, 1.165) is 12.1 Å². The summed E-state index contributed by atoms with van der Waals surface area (Å²) in [5, 5.41) is 10.2. The Kier molecular flexibility index (Phi) is 4.91. The van der Waals surface area contributed by atoms with Gasteiger partial charge >= 0.3 is 0 Å². The first kappa shape index (κ1) is 20.6. The average molecular weight is 443 g/mol. The molecule has 0 saturated heterocycles. The standard InChI is InChI=1S/C21H21ClF2O4S/c1-20(12-25)8-9-21(29(26,27)15-4-2-14(22)3-5-15)13(10-20)11-28-19-17(24)7-6-16(23)18(19)21/h2-7,13,25H,8-12H2,1H3/t13-,20+,21+/m1/s1. The molecule has 2 aliphatic rings. The second kappa shape index (κ2) is 6.93. The van der Waals surface area contributed by atoms with E-state index < -0.39 is 37.6 Å². The van der Waals surface area contributed by atoms with E-state index in [0.29, 0.717) is 17.9 Å². The van der Waals surface area contributed by atoms with Gasteiger partial charge in [-0.3, -0.25) is 0 Å². The zero-order valence-corrected chi connectivity index (χ0v) is 17.4. The lowest BCUT2D eigenvalue weighted by Crippen LogP contribution is -2.54. The molecule has 2 aromatic rings. The molecule has 1 saturated carbocycles. The van der Waals surface area contributed by atoms with Crippen molar-refractivity contribution in [1.29, 1.82) is 0 Å². The van der Waals surface area contributed by atoms with Gasteiger partial charge in [-0.25, -0.2) is 17.2 Å². The Morgan fingerprint density at radius 2 is 1.79 bits per heavy atom. The second-order valence-corrected chi connectivity index (χ2v) is 10.9. The SMILES string of the molecule is C[C@]1(CO)CC[C@@]2(S(=O)(=O)c3ccc(Cl)cc3)c3c(F)ccc(F)c3OC[C@H]2C1. The summed E-state index contributed by atoms with van der Waals surface area (Å²) in [5.41, 5.74) is -0.766. The fourth-order valence-corrected chi connectivity index (χ4v) is 7.25. The van der Waals surface area contributed by atoms with Crippen LogP contribution in [-0.2, 0) is 14.6 Å². The van der Waals surface area contributed by atoms with Crippen LogP contribution in [-0.4, -0.2) is 26.7 Å². The van der Waals surface area contributed by atoms with Gasteiger partial charge in [-0.2, -0.15) is 0 Å². The zero-order chi connectivity index (χ0) is 21.0. The number of halogens is 3. The number of aliphatic hydroxyl groups is 1. The fraction of sp³-hybridized carbons (Fsp3) is 0.429. The highest BCUT2D eigenvalue weighted by Gasteiger charge is 2.61. The third kappa shape index (κ3) is 2.97. The minimum absolute atomic E-state index is 0.00369. The van der Waals surface area contributed by atoms with Crippen LogP contribution < -0.4 is 4.74 Å². The molecular formula is C21H21ClF2O4S. The number of benzene rings is 2. The first-order chi connectivity index (χ1) is 13.6. The monoisotopic (exact) mass is 442 g/mol. The van der Waals surface area contributed by atoms with Crippen LogP contribution in [0.4, 0.5) is 8.78 Å². The van der Waals surface area contributed by atoms with E-state index in [1.54, 1.807) is 0 Å². The largest absolute Gasteiger partial charge is 0.490 e. The Morgan fingerprint density at radius 1 is 1.14 bits per heavy atom. The Bertz CT molecular complexity index is 1060. The van der Waals surface area contributed by atoms with E-state index in [9.17, 15) is 17.9 Å². The van der Waals surface area contributed by atoms with Crippen LogP contribution in [0.25, 0.3) is 0 Å². The van der Waals surface area contributed by atoms with Gasteiger partial charge in [-0.15, -0.1) is 0 Å². The van der Waals surface area contributed by atoms with Crippen LogP contribution in [0, 0.1) is 23.0 Å². The van der Waals surface area contributed by atoms with Crippen molar-refractivity contribution < 1.29 is 27.0 Å². The summed E-state index contributed by atoms with van der Waals surface area (Å²) in [7, 11) is -4.14. The summed E-state index contributed by atoms with van der Waals surface area (Å²) in [5.74, 6) is -2.58. The zero-order valence-electron chi connectivity index (χ0n) is 15.8. The molecule has 156 valence electrons. The molecule has 0 radical (unpaired) electrons. The second-order valence-electron chi connectivity index (χ2n) is 8.26. The minimum Gasteiger partial charge on any atom is -0.490 e. The van der Waals surface area contributed by atoms with Gasteiger partial charge in [0.25, 0.3) is 0 Å². The van der Waals surface area contributed by atoms with Gasteiger partial charge in [0.05, 0.1) is 17.1 Å². The number of ether oxygens (including phenoxy) is 1. The van der Waals surface area contributed by atoms with Crippen molar-refractivity contribution in [1.82, 2.24) is 0 Å². The van der Waals surface area contributed by atoms with Crippen molar-refractivity contribution in [2.75, 3.05) is 13.2 Å². The van der Waals surface area contributed by atoms with Crippen molar-refractivity contribution in [2.45, 2.75) is 35.8 Å². The maximum absolute atomic E-state index is 15.1. The summed E-state index contributed by atoms with van der Waals surface area (Å²) in [4.78, 5) is -0.00369. The van der Waals surface area contributed by atoms with Crippen molar-refractivity contribution in [3.63, 3.8) is 0 Å². The maximum Gasteiger partial charge on any atom is 0.188 e. The van der Waals surface area contributed by atoms with Crippen molar-refractivity contribution in [3.8, 4) is 5.75 Å². The Balaban J connectivity index is 2.00. The number of aliphatic hydroxyl groups excluding tert-OH is 1. The third-order valence-electron chi connectivity index (χ3n) is 6.39. The molecular weight excluding hydrogens is 422 g/mol. The predicted octanol–water partition coefficient (Wildman–Crippen LogP) is 4.48. The van der Waals surface area contributed by atoms with Crippen molar-refractivity contribution in [2.24, 2.45) is 11.3 Å². The molecule has 2 aromatic carbocycles. The maximum atomic E-state index is 15.1. The molecule has 8 heteroatoms. The molecule has 0 spiro atoms. The summed E-state index contributed by atoms with van der Waals surface area (Å²) < 4.78 is 61.3. The van der Waals surface area contributed by atoms with E-state index in [1.165, 1.54) is 24.3 Å². The molecule has 4 nitrogen and oxygen atoms in total. The lowest BCUT2D eigenvalue weighted by atomic mass is 9.63. The molecule has 1 aliphatic carbocycles. The van der Waals surface area contributed by atoms with E-state index in [-0.39, 0.29) is 35.8 Å². The summed E-state index contributed by atoms with van der Waals surface area (Å²) >= 11 is 5.91. The highest BCUT2D eigenvalue weighted by molar-refractivity contribution is 7.92. The van der Waals surface area contributed by atoms with E-state index >= 15 is 4.39 Å². The third-order valence-corrected chi connectivity index (χ3v) is 9.24. The number of sulfone groups is 1. The van der Waals surface area contributed by atoms with Crippen LogP contribution in [0.3, 0.4) is 0 Å². The molecule has 0 aromatic heterocycles. The first-order valence-corrected chi connectivity index (χ1v) is 11.2. The molecule has 0 amide bonds. The highest BCUT2D eigenvalue weighted by atomic mass is 35.5. The Labute approximate surface area is 173 Å². The smallest absolute Gasteiger partial charge is 0.188 e. The normalized spacial score (nSPS) is 28.9. The molecule has 1 fully saturated rings. The lowest BCUT2D eigenvalue weighted by molar-refractivity contribution is 0.0194. The first-order valence-electron chi connectivity index (χ1n) is 9.37. The number of fused-ring (bicyclic) bond motifs is 3. The summed E-state index contributed by atoms with van der Waals surface area (Å²) in [6.07, 6.45) is 0.713. The molecule has 3 atom stereocenters. The molecule has 0 bridgehead atoms. The summed E-state index contributed by atoms with van der Waals surface area (Å²) in [6, 6.07) is 7.58. The fourth-order valence-electron chi connectivity index (χ4n) is 4.78. The number of hydrogen-bond donors (Lipinski definition) is 1.